The number of hydrogen-bond acceptors (Lipinski definition) is 4. The summed E-state index contributed by atoms with van der Waals surface area (Å²) < 4.78 is 10.6. The number of rotatable bonds is 4. The fourth-order valence-electron chi connectivity index (χ4n) is 2.32. The van der Waals surface area contributed by atoms with Crippen LogP contribution in [-0.2, 0) is 4.74 Å². The maximum absolute atomic E-state index is 5.36. The lowest BCUT2D eigenvalue weighted by Crippen LogP contribution is -2.22. The third-order valence-corrected chi connectivity index (χ3v) is 3.54. The van der Waals surface area contributed by atoms with Crippen molar-refractivity contribution in [1.29, 1.82) is 0 Å². The Kier molecular flexibility index (Phi) is 3.79. The molecular formula is C15H18N2O2. The molecule has 0 saturated carbocycles. The van der Waals surface area contributed by atoms with Crippen LogP contribution in [0.3, 0.4) is 0 Å². The molecule has 1 saturated heterocycles. The number of ether oxygens (including phenoxy) is 1. The molecule has 4 heteroatoms. The third kappa shape index (κ3) is 3.15. The molecule has 0 unspecified atom stereocenters. The van der Waals surface area contributed by atoms with Crippen LogP contribution in [0.4, 0.5) is 5.69 Å². The molecule has 1 aliphatic heterocycles. The van der Waals surface area contributed by atoms with Gasteiger partial charge in [0.1, 0.15) is 0 Å². The van der Waals surface area contributed by atoms with E-state index in [1.54, 1.807) is 6.20 Å². The van der Waals surface area contributed by atoms with E-state index in [0.29, 0.717) is 0 Å². The van der Waals surface area contributed by atoms with Crippen molar-refractivity contribution in [2.24, 2.45) is 5.92 Å². The summed E-state index contributed by atoms with van der Waals surface area (Å²) in [6.07, 6.45) is 5.49. The second-order valence-corrected chi connectivity index (χ2v) is 4.88. The maximum Gasteiger partial charge on any atom is 0.181 e. The molecular weight excluding hydrogens is 240 g/mol. The molecule has 4 nitrogen and oxygen atoms in total. The van der Waals surface area contributed by atoms with Gasteiger partial charge in [-0.1, -0.05) is 0 Å². The van der Waals surface area contributed by atoms with Gasteiger partial charge in [-0.15, -0.1) is 0 Å². The summed E-state index contributed by atoms with van der Waals surface area (Å²) in [6, 6.07) is 8.26. The lowest BCUT2D eigenvalue weighted by Gasteiger charge is -2.22. The summed E-state index contributed by atoms with van der Waals surface area (Å²) >= 11 is 0. The van der Waals surface area contributed by atoms with Gasteiger partial charge in [-0.2, -0.15) is 0 Å². The van der Waals surface area contributed by atoms with Gasteiger partial charge in [-0.3, -0.25) is 0 Å². The Labute approximate surface area is 112 Å². The maximum atomic E-state index is 5.36. The SMILES string of the molecule is c1ncc(-c2ccc(NCC3CCOCC3)cc2)o1. The first-order valence-corrected chi connectivity index (χ1v) is 6.72. The molecule has 100 valence electrons. The summed E-state index contributed by atoms with van der Waals surface area (Å²) in [6.45, 7) is 2.82. The first kappa shape index (κ1) is 12.2. The van der Waals surface area contributed by atoms with Gasteiger partial charge in [-0.05, 0) is 43.0 Å². The van der Waals surface area contributed by atoms with Crippen LogP contribution in [0.1, 0.15) is 12.8 Å². The first-order valence-electron chi connectivity index (χ1n) is 6.72. The molecule has 19 heavy (non-hydrogen) atoms. The predicted octanol–water partition coefficient (Wildman–Crippen LogP) is 3.18. The molecule has 0 atom stereocenters. The molecule has 1 N–H and O–H groups in total. The number of benzene rings is 1. The van der Waals surface area contributed by atoms with E-state index in [2.05, 4.69) is 22.4 Å². The zero-order valence-electron chi connectivity index (χ0n) is 10.8. The molecule has 0 radical (unpaired) electrons. The average Bonchev–Trinajstić information content (AvgIpc) is 3.01. The van der Waals surface area contributed by atoms with Gasteiger partial charge >= 0.3 is 0 Å². The molecule has 2 aromatic rings. The second kappa shape index (κ2) is 5.89. The lowest BCUT2D eigenvalue weighted by atomic mass is 10.0. The van der Waals surface area contributed by atoms with Crippen LogP contribution in [0, 0.1) is 5.92 Å². The number of oxazole rings is 1. The molecule has 1 aromatic carbocycles. The van der Waals surface area contributed by atoms with Crippen molar-refractivity contribution in [2.75, 3.05) is 25.1 Å². The molecule has 1 aromatic heterocycles. The second-order valence-electron chi connectivity index (χ2n) is 4.88. The van der Waals surface area contributed by atoms with Gasteiger partial charge in [0.25, 0.3) is 0 Å². The number of nitrogens with one attached hydrogen (secondary N) is 1. The van der Waals surface area contributed by atoms with Gasteiger partial charge in [0.05, 0.1) is 6.20 Å². The number of hydrogen-bond donors (Lipinski definition) is 1. The largest absolute Gasteiger partial charge is 0.444 e. The van der Waals surface area contributed by atoms with E-state index < -0.39 is 0 Å². The van der Waals surface area contributed by atoms with E-state index in [4.69, 9.17) is 9.15 Å². The monoisotopic (exact) mass is 258 g/mol. The molecule has 0 spiro atoms. The Balaban J connectivity index is 1.57. The Bertz CT molecular complexity index is 487. The Morgan fingerprint density at radius 1 is 1.16 bits per heavy atom. The molecule has 2 heterocycles. The Morgan fingerprint density at radius 3 is 2.63 bits per heavy atom. The van der Waals surface area contributed by atoms with Gasteiger partial charge < -0.3 is 14.5 Å². The van der Waals surface area contributed by atoms with E-state index in [1.165, 1.54) is 6.39 Å². The summed E-state index contributed by atoms with van der Waals surface area (Å²) in [4.78, 5) is 3.92. The molecule has 3 rings (SSSR count). The van der Waals surface area contributed by atoms with E-state index in [1.807, 2.05) is 12.1 Å². The van der Waals surface area contributed by atoms with Crippen LogP contribution in [0.25, 0.3) is 11.3 Å². The predicted molar refractivity (Wildman–Crippen MR) is 74.0 cm³/mol. The van der Waals surface area contributed by atoms with Crippen LogP contribution in [0.5, 0.6) is 0 Å². The fourth-order valence-corrected chi connectivity index (χ4v) is 2.32. The standard InChI is InChI=1S/C15H18N2O2/c1-3-14(17-9-12-5-7-18-8-6-12)4-2-13(1)15-10-16-11-19-15/h1-4,10-12,17H,5-9H2. The first-order chi connectivity index (χ1) is 9.42. The number of aromatic nitrogens is 1. The highest BCUT2D eigenvalue weighted by Crippen LogP contribution is 2.21. The summed E-state index contributed by atoms with van der Waals surface area (Å²) in [5, 5.41) is 3.49. The summed E-state index contributed by atoms with van der Waals surface area (Å²) in [5.41, 5.74) is 2.20. The minimum absolute atomic E-state index is 0.725. The highest BCUT2D eigenvalue weighted by atomic mass is 16.5. The van der Waals surface area contributed by atoms with Gasteiger partial charge in [0.2, 0.25) is 0 Å². The van der Waals surface area contributed by atoms with Gasteiger partial charge in [-0.25, -0.2) is 4.98 Å². The molecule has 0 aliphatic carbocycles. The Hall–Kier alpha value is -1.81. The zero-order valence-corrected chi connectivity index (χ0v) is 10.8. The number of nitrogens with zero attached hydrogens (tertiary/aromatic N) is 1. The average molecular weight is 258 g/mol. The third-order valence-electron chi connectivity index (χ3n) is 3.54. The quantitative estimate of drug-likeness (QED) is 0.915. The highest BCUT2D eigenvalue weighted by molar-refractivity contribution is 5.60. The summed E-state index contributed by atoms with van der Waals surface area (Å²) in [7, 11) is 0. The van der Waals surface area contributed by atoms with E-state index in [0.717, 1.165) is 55.5 Å². The Morgan fingerprint density at radius 2 is 1.95 bits per heavy atom. The van der Waals surface area contributed by atoms with Crippen molar-refractivity contribution < 1.29 is 9.15 Å². The van der Waals surface area contributed by atoms with Crippen molar-refractivity contribution in [3.8, 4) is 11.3 Å². The van der Waals surface area contributed by atoms with E-state index >= 15 is 0 Å². The van der Waals surface area contributed by atoms with Crippen molar-refractivity contribution in [3.05, 3.63) is 36.9 Å². The zero-order chi connectivity index (χ0) is 12.9. The van der Waals surface area contributed by atoms with Crippen LogP contribution in [-0.4, -0.2) is 24.7 Å². The van der Waals surface area contributed by atoms with Gasteiger partial charge in [0.15, 0.2) is 12.2 Å². The van der Waals surface area contributed by atoms with Crippen LogP contribution < -0.4 is 5.32 Å². The van der Waals surface area contributed by atoms with Crippen molar-refractivity contribution in [1.82, 2.24) is 4.98 Å². The topological polar surface area (TPSA) is 47.3 Å². The lowest BCUT2D eigenvalue weighted by molar-refractivity contribution is 0.0699. The molecule has 0 bridgehead atoms. The van der Waals surface area contributed by atoms with Crippen molar-refractivity contribution in [3.63, 3.8) is 0 Å². The smallest absolute Gasteiger partial charge is 0.181 e. The summed E-state index contributed by atoms with van der Waals surface area (Å²) in [5.74, 6) is 1.53. The number of anilines is 1. The van der Waals surface area contributed by atoms with Crippen LogP contribution in [0.15, 0.2) is 41.3 Å². The van der Waals surface area contributed by atoms with Crippen LogP contribution >= 0.6 is 0 Å². The van der Waals surface area contributed by atoms with Crippen molar-refractivity contribution >= 4 is 5.69 Å². The van der Waals surface area contributed by atoms with Crippen LogP contribution in [0.2, 0.25) is 0 Å². The minimum atomic E-state index is 0.725. The fraction of sp³-hybridized carbons (Fsp3) is 0.400. The molecule has 1 aliphatic rings. The molecule has 1 fully saturated rings. The van der Waals surface area contributed by atoms with Crippen molar-refractivity contribution in [2.45, 2.75) is 12.8 Å². The highest BCUT2D eigenvalue weighted by Gasteiger charge is 2.13. The normalized spacial score (nSPS) is 16.4. The van der Waals surface area contributed by atoms with E-state index in [-0.39, 0.29) is 0 Å². The van der Waals surface area contributed by atoms with E-state index in [9.17, 15) is 0 Å². The molecule has 0 amide bonds. The minimum Gasteiger partial charge on any atom is -0.444 e. The van der Waals surface area contributed by atoms with Gasteiger partial charge in [0, 0.05) is 31.0 Å².